The third kappa shape index (κ3) is 6.06. The Morgan fingerprint density at radius 2 is 1.33 bits per heavy atom. The van der Waals surface area contributed by atoms with E-state index in [4.69, 9.17) is 35.3 Å². The zero-order valence-electron chi connectivity index (χ0n) is 20.5. The molecule has 0 saturated heterocycles. The molecule has 0 aliphatic rings. The van der Waals surface area contributed by atoms with Crippen LogP contribution in [-0.4, -0.2) is 32.5 Å². The Morgan fingerprint density at radius 1 is 0.722 bits per heavy atom. The molecule has 36 heavy (non-hydrogen) atoms. The molecule has 7 heteroatoms. The molecule has 0 saturated carbocycles. The lowest BCUT2D eigenvalue weighted by atomic mass is 10.1. The first kappa shape index (κ1) is 25.3. The minimum absolute atomic E-state index is 0.278. The second kappa shape index (κ2) is 12.3. The molecule has 0 fully saturated rings. The number of benzene rings is 3. The molecule has 6 nitrogen and oxygen atoms in total. The maximum absolute atomic E-state index is 6.33. The monoisotopic (exact) mass is 505 g/mol. The summed E-state index contributed by atoms with van der Waals surface area (Å²) in [6.07, 6.45) is 0. The second-order valence-corrected chi connectivity index (χ2v) is 8.32. The van der Waals surface area contributed by atoms with E-state index in [1.807, 2.05) is 66.7 Å². The third-order valence-electron chi connectivity index (χ3n) is 5.70. The summed E-state index contributed by atoms with van der Waals surface area (Å²) >= 11 is 6.33. The van der Waals surface area contributed by atoms with Gasteiger partial charge in [0.2, 0.25) is 0 Å². The van der Waals surface area contributed by atoms with Gasteiger partial charge in [-0.2, -0.15) is 0 Å². The Balaban J connectivity index is 1.56. The average molecular weight is 506 g/mol. The van der Waals surface area contributed by atoms with Crippen molar-refractivity contribution >= 4 is 22.5 Å². The van der Waals surface area contributed by atoms with Crippen LogP contribution in [-0.2, 0) is 24.5 Å². The first-order valence-electron chi connectivity index (χ1n) is 11.4. The van der Waals surface area contributed by atoms with Gasteiger partial charge in [0.1, 0.15) is 36.2 Å². The van der Waals surface area contributed by atoms with Gasteiger partial charge in [-0.1, -0.05) is 23.4 Å². The van der Waals surface area contributed by atoms with Gasteiger partial charge in [-0.25, -0.2) is 0 Å². The van der Waals surface area contributed by atoms with Crippen LogP contribution in [0.4, 0.5) is 0 Å². The molecule has 0 unspecified atom stereocenters. The second-order valence-electron chi connectivity index (χ2n) is 7.89. The van der Waals surface area contributed by atoms with Crippen molar-refractivity contribution in [3.63, 3.8) is 0 Å². The number of methoxy groups -OCH3 is 3. The molecule has 0 spiro atoms. The molecular formula is C29H28ClNO5. The van der Waals surface area contributed by atoms with E-state index in [0.29, 0.717) is 24.8 Å². The van der Waals surface area contributed by atoms with Gasteiger partial charge in [0.25, 0.3) is 0 Å². The van der Waals surface area contributed by atoms with Crippen LogP contribution in [0.15, 0.2) is 66.7 Å². The summed E-state index contributed by atoms with van der Waals surface area (Å²) < 4.78 is 29.9. The quantitative estimate of drug-likeness (QED) is 0.243. The van der Waals surface area contributed by atoms with Crippen molar-refractivity contribution in [3.05, 3.63) is 83.0 Å². The predicted molar refractivity (Wildman–Crippen MR) is 141 cm³/mol. The standard InChI is InChI=1S/C29H28ClNO5/c1-32-19-27-26-18-21(30)6-15-28(26)31(29(27)20-36-25-13-9-23(34-3)10-14-25)16-4-5-17-35-24-11-7-22(33-2)8-12-24/h6-15,18H,16-17,19-20H2,1-3H3. The van der Waals surface area contributed by atoms with Crippen LogP contribution < -0.4 is 18.9 Å². The van der Waals surface area contributed by atoms with E-state index in [1.165, 1.54) is 0 Å². The van der Waals surface area contributed by atoms with Crippen molar-refractivity contribution in [2.24, 2.45) is 0 Å². The fourth-order valence-corrected chi connectivity index (χ4v) is 4.07. The van der Waals surface area contributed by atoms with Gasteiger partial charge < -0.3 is 28.3 Å². The molecule has 0 amide bonds. The number of nitrogens with zero attached hydrogens (tertiary/aromatic N) is 1. The molecule has 0 bridgehead atoms. The number of aromatic nitrogens is 1. The highest BCUT2D eigenvalue weighted by atomic mass is 35.5. The molecule has 1 aromatic heterocycles. The predicted octanol–water partition coefficient (Wildman–Crippen LogP) is 6.12. The van der Waals surface area contributed by atoms with Gasteiger partial charge in [-0.05, 0) is 66.7 Å². The van der Waals surface area contributed by atoms with Crippen LogP contribution in [0.3, 0.4) is 0 Å². The molecule has 186 valence electrons. The minimum atomic E-state index is 0.278. The highest BCUT2D eigenvalue weighted by molar-refractivity contribution is 6.31. The number of halogens is 1. The lowest BCUT2D eigenvalue weighted by molar-refractivity contribution is 0.182. The zero-order valence-corrected chi connectivity index (χ0v) is 21.3. The number of hydrogen-bond donors (Lipinski definition) is 0. The van der Waals surface area contributed by atoms with Gasteiger partial charge in [-0.3, -0.25) is 0 Å². The molecule has 0 aliphatic carbocycles. The van der Waals surface area contributed by atoms with Gasteiger partial charge >= 0.3 is 0 Å². The summed E-state index contributed by atoms with van der Waals surface area (Å²) in [5.41, 5.74) is 3.03. The Morgan fingerprint density at radius 3 is 1.94 bits per heavy atom. The molecular weight excluding hydrogens is 478 g/mol. The lowest BCUT2D eigenvalue weighted by Crippen LogP contribution is -2.08. The molecule has 0 atom stereocenters. The van der Waals surface area contributed by atoms with E-state index in [1.54, 1.807) is 21.3 Å². The van der Waals surface area contributed by atoms with Crippen LogP contribution in [0.2, 0.25) is 5.02 Å². The molecule has 3 aromatic carbocycles. The Kier molecular flexibility index (Phi) is 8.62. The smallest absolute Gasteiger partial charge is 0.149 e. The average Bonchev–Trinajstić information content (AvgIpc) is 3.19. The Hall–Kier alpha value is -3.79. The molecule has 0 aliphatic heterocycles. The Bertz CT molecular complexity index is 1350. The third-order valence-corrected chi connectivity index (χ3v) is 5.94. The van der Waals surface area contributed by atoms with Gasteiger partial charge in [-0.15, -0.1) is 0 Å². The largest absolute Gasteiger partial charge is 0.497 e. The number of hydrogen-bond acceptors (Lipinski definition) is 5. The van der Waals surface area contributed by atoms with E-state index < -0.39 is 0 Å². The summed E-state index contributed by atoms with van der Waals surface area (Å²) in [6, 6.07) is 20.8. The fourth-order valence-electron chi connectivity index (χ4n) is 3.90. The summed E-state index contributed by atoms with van der Waals surface area (Å²) in [5, 5.41) is 1.69. The van der Waals surface area contributed by atoms with E-state index >= 15 is 0 Å². The molecule has 4 rings (SSSR count). The Labute approximate surface area is 216 Å². The van der Waals surface area contributed by atoms with Crippen molar-refractivity contribution in [2.75, 3.05) is 27.9 Å². The SMILES string of the molecule is COCc1c(COc2ccc(OC)cc2)n(CC#CCOc2ccc(OC)cc2)c2ccc(Cl)cc12. The molecule has 1 heterocycles. The van der Waals surface area contributed by atoms with E-state index in [9.17, 15) is 0 Å². The van der Waals surface area contributed by atoms with E-state index in [-0.39, 0.29) is 6.61 Å². The van der Waals surface area contributed by atoms with Crippen molar-refractivity contribution in [1.82, 2.24) is 4.57 Å². The van der Waals surface area contributed by atoms with Crippen LogP contribution in [0.25, 0.3) is 10.9 Å². The number of rotatable bonds is 10. The van der Waals surface area contributed by atoms with Gasteiger partial charge in [0.05, 0.1) is 33.1 Å². The van der Waals surface area contributed by atoms with E-state index in [0.717, 1.165) is 45.2 Å². The normalized spacial score (nSPS) is 10.6. The zero-order chi connectivity index (χ0) is 25.3. The first-order valence-corrected chi connectivity index (χ1v) is 11.8. The summed E-state index contributed by atoms with van der Waals surface area (Å²) in [6.45, 7) is 1.52. The summed E-state index contributed by atoms with van der Waals surface area (Å²) in [5.74, 6) is 9.37. The van der Waals surface area contributed by atoms with Crippen LogP contribution in [0.5, 0.6) is 23.0 Å². The maximum atomic E-state index is 6.33. The van der Waals surface area contributed by atoms with Gasteiger partial charge in [0.15, 0.2) is 0 Å². The van der Waals surface area contributed by atoms with Crippen LogP contribution in [0, 0.1) is 11.8 Å². The van der Waals surface area contributed by atoms with Crippen molar-refractivity contribution < 1.29 is 23.7 Å². The van der Waals surface area contributed by atoms with Gasteiger partial charge in [0, 0.05) is 28.6 Å². The van der Waals surface area contributed by atoms with E-state index in [2.05, 4.69) is 16.4 Å². The number of fused-ring (bicyclic) bond motifs is 1. The summed E-state index contributed by atoms with van der Waals surface area (Å²) in [7, 11) is 4.95. The van der Waals surface area contributed by atoms with Crippen LogP contribution >= 0.6 is 11.6 Å². The van der Waals surface area contributed by atoms with Crippen LogP contribution in [0.1, 0.15) is 11.3 Å². The highest BCUT2D eigenvalue weighted by Gasteiger charge is 2.18. The van der Waals surface area contributed by atoms with Crippen molar-refractivity contribution in [2.45, 2.75) is 19.8 Å². The molecule has 0 radical (unpaired) electrons. The lowest BCUT2D eigenvalue weighted by Gasteiger charge is -2.12. The minimum Gasteiger partial charge on any atom is -0.497 e. The van der Waals surface area contributed by atoms with Crippen molar-refractivity contribution in [1.29, 1.82) is 0 Å². The molecule has 0 N–H and O–H groups in total. The summed E-state index contributed by atoms with van der Waals surface area (Å²) in [4.78, 5) is 0. The van der Waals surface area contributed by atoms with Crippen molar-refractivity contribution in [3.8, 4) is 34.8 Å². The molecule has 4 aromatic rings. The fraction of sp³-hybridized carbons (Fsp3) is 0.241. The number of ether oxygens (including phenoxy) is 5. The topological polar surface area (TPSA) is 51.1 Å². The highest BCUT2D eigenvalue weighted by Crippen LogP contribution is 2.31. The maximum Gasteiger partial charge on any atom is 0.149 e. The first-order chi connectivity index (χ1) is 17.6.